The van der Waals surface area contributed by atoms with E-state index in [2.05, 4.69) is 21.9 Å². The molecule has 0 amide bonds. The summed E-state index contributed by atoms with van der Waals surface area (Å²) in [7, 11) is 4.73. The van der Waals surface area contributed by atoms with Gasteiger partial charge in [-0.3, -0.25) is 5.43 Å². The molecule has 2 aromatic carbocycles. The lowest BCUT2D eigenvalue weighted by Gasteiger charge is -2.12. The molecule has 2 rings (SSSR count). The van der Waals surface area contributed by atoms with E-state index >= 15 is 0 Å². The highest BCUT2D eigenvalue weighted by molar-refractivity contribution is 7.80. The summed E-state index contributed by atoms with van der Waals surface area (Å²) in [6, 6.07) is 9.62. The summed E-state index contributed by atoms with van der Waals surface area (Å²) in [5.74, 6) is 1.79. The molecule has 26 heavy (non-hydrogen) atoms. The number of hydrazone groups is 1. The van der Waals surface area contributed by atoms with E-state index in [9.17, 15) is 0 Å². The smallest absolute Gasteiger partial charge is 0.191 e. The highest BCUT2D eigenvalue weighted by atomic mass is 32.1. The summed E-state index contributed by atoms with van der Waals surface area (Å²) in [5.41, 5.74) is 6.78. The maximum Gasteiger partial charge on any atom is 0.191 e. The van der Waals surface area contributed by atoms with Gasteiger partial charge in [0.15, 0.2) is 16.6 Å². The Bertz CT molecular complexity index is 822. The molecule has 0 radical (unpaired) electrons. The molecule has 0 unspecified atom stereocenters. The number of hydrogen-bond acceptors (Lipinski definition) is 5. The third-order valence-electron chi connectivity index (χ3n) is 3.74. The number of benzene rings is 2. The topological polar surface area (TPSA) is 64.1 Å². The predicted molar refractivity (Wildman–Crippen MR) is 109 cm³/mol. The summed E-state index contributed by atoms with van der Waals surface area (Å²) < 4.78 is 15.9. The zero-order chi connectivity index (χ0) is 19.1. The van der Waals surface area contributed by atoms with Crippen molar-refractivity contribution < 1.29 is 14.2 Å². The van der Waals surface area contributed by atoms with Crippen LogP contribution in [0.1, 0.15) is 16.7 Å². The molecule has 138 valence electrons. The average Bonchev–Trinajstić information content (AvgIpc) is 2.63. The van der Waals surface area contributed by atoms with Crippen LogP contribution in [0.2, 0.25) is 0 Å². The van der Waals surface area contributed by atoms with Crippen LogP contribution >= 0.6 is 12.2 Å². The lowest BCUT2D eigenvalue weighted by atomic mass is 10.1. The van der Waals surface area contributed by atoms with Gasteiger partial charge >= 0.3 is 0 Å². The van der Waals surface area contributed by atoms with Crippen molar-refractivity contribution in [1.29, 1.82) is 0 Å². The Kier molecular flexibility index (Phi) is 6.80. The third kappa shape index (κ3) is 4.86. The van der Waals surface area contributed by atoms with Gasteiger partial charge in [0, 0.05) is 17.3 Å². The van der Waals surface area contributed by atoms with Gasteiger partial charge in [0.05, 0.1) is 27.5 Å². The average molecular weight is 373 g/mol. The molecule has 0 fully saturated rings. The molecule has 0 aliphatic heterocycles. The number of ether oxygens (including phenoxy) is 3. The molecular formula is C19H23N3O3S. The van der Waals surface area contributed by atoms with Crippen molar-refractivity contribution in [3.63, 3.8) is 0 Å². The number of hydrogen-bond donors (Lipinski definition) is 2. The van der Waals surface area contributed by atoms with Crippen LogP contribution in [0, 0.1) is 13.8 Å². The molecule has 0 atom stereocenters. The Morgan fingerprint density at radius 2 is 1.62 bits per heavy atom. The first kappa shape index (κ1) is 19.5. The second-order valence-electron chi connectivity index (χ2n) is 5.59. The van der Waals surface area contributed by atoms with E-state index in [0.717, 1.165) is 16.8 Å². The second kappa shape index (κ2) is 9.05. The zero-order valence-corrected chi connectivity index (χ0v) is 16.4. The number of rotatable bonds is 6. The minimum Gasteiger partial charge on any atom is -0.496 e. The standard InChI is InChI=1S/C19H23N3O3S/c1-12-6-7-15(13(2)8-12)21-19(26)22-20-11-14-9-17(24-4)18(25-5)10-16(14)23-3/h6-11H,1-5H3,(H2,21,22,26). The minimum absolute atomic E-state index is 0.396. The minimum atomic E-state index is 0.396. The molecule has 0 saturated carbocycles. The molecule has 0 aliphatic carbocycles. The number of methoxy groups -OCH3 is 3. The van der Waals surface area contributed by atoms with Gasteiger partial charge in [-0.2, -0.15) is 5.10 Å². The fourth-order valence-corrected chi connectivity index (χ4v) is 2.58. The largest absolute Gasteiger partial charge is 0.496 e. The van der Waals surface area contributed by atoms with Crippen LogP contribution in [-0.4, -0.2) is 32.7 Å². The van der Waals surface area contributed by atoms with Gasteiger partial charge in [-0.25, -0.2) is 0 Å². The van der Waals surface area contributed by atoms with Gasteiger partial charge in [0.1, 0.15) is 5.75 Å². The Morgan fingerprint density at radius 1 is 0.962 bits per heavy atom. The van der Waals surface area contributed by atoms with Crippen LogP contribution in [0.4, 0.5) is 5.69 Å². The fraction of sp³-hybridized carbons (Fsp3) is 0.263. The molecule has 0 heterocycles. The lowest BCUT2D eigenvalue weighted by Crippen LogP contribution is -2.24. The van der Waals surface area contributed by atoms with E-state index in [4.69, 9.17) is 26.4 Å². The Hall–Kier alpha value is -2.80. The van der Waals surface area contributed by atoms with Crippen molar-refractivity contribution in [3.8, 4) is 17.2 Å². The van der Waals surface area contributed by atoms with Gasteiger partial charge in [0.25, 0.3) is 0 Å². The highest BCUT2D eigenvalue weighted by Crippen LogP contribution is 2.33. The monoisotopic (exact) mass is 373 g/mol. The van der Waals surface area contributed by atoms with Crippen molar-refractivity contribution in [2.45, 2.75) is 13.8 Å². The van der Waals surface area contributed by atoms with Gasteiger partial charge in [0.2, 0.25) is 0 Å². The first-order chi connectivity index (χ1) is 12.5. The normalized spacial score (nSPS) is 10.5. The fourth-order valence-electron chi connectivity index (χ4n) is 2.42. The van der Waals surface area contributed by atoms with Crippen molar-refractivity contribution in [2.24, 2.45) is 5.10 Å². The van der Waals surface area contributed by atoms with Crippen molar-refractivity contribution in [3.05, 3.63) is 47.0 Å². The maximum atomic E-state index is 5.36. The first-order valence-corrected chi connectivity index (χ1v) is 8.36. The summed E-state index contributed by atoms with van der Waals surface area (Å²) in [5, 5.41) is 7.69. The number of anilines is 1. The summed E-state index contributed by atoms with van der Waals surface area (Å²) in [6.07, 6.45) is 1.61. The van der Waals surface area contributed by atoms with Gasteiger partial charge < -0.3 is 19.5 Å². The molecule has 6 nitrogen and oxygen atoms in total. The van der Waals surface area contributed by atoms with Crippen LogP contribution in [0.3, 0.4) is 0 Å². The third-order valence-corrected chi connectivity index (χ3v) is 3.93. The molecule has 2 N–H and O–H groups in total. The van der Waals surface area contributed by atoms with Crippen LogP contribution in [-0.2, 0) is 0 Å². The lowest BCUT2D eigenvalue weighted by molar-refractivity contribution is 0.349. The molecule has 0 aromatic heterocycles. The summed E-state index contributed by atoms with van der Waals surface area (Å²) >= 11 is 5.28. The Balaban J connectivity index is 2.08. The van der Waals surface area contributed by atoms with Crippen LogP contribution < -0.4 is 25.0 Å². The van der Waals surface area contributed by atoms with Gasteiger partial charge in [-0.15, -0.1) is 0 Å². The predicted octanol–water partition coefficient (Wildman–Crippen LogP) is 3.65. The number of nitrogens with one attached hydrogen (secondary N) is 2. The number of nitrogens with zero attached hydrogens (tertiary/aromatic N) is 1. The number of aryl methyl sites for hydroxylation is 2. The summed E-state index contributed by atoms with van der Waals surface area (Å²) in [6.45, 7) is 4.07. The van der Waals surface area contributed by atoms with Crippen molar-refractivity contribution >= 4 is 29.2 Å². The van der Waals surface area contributed by atoms with Crippen LogP contribution in [0.25, 0.3) is 0 Å². The molecule has 0 saturated heterocycles. The molecular weight excluding hydrogens is 350 g/mol. The van der Waals surface area contributed by atoms with E-state index < -0.39 is 0 Å². The quantitative estimate of drug-likeness (QED) is 0.458. The van der Waals surface area contributed by atoms with E-state index in [-0.39, 0.29) is 0 Å². The first-order valence-electron chi connectivity index (χ1n) is 7.95. The van der Waals surface area contributed by atoms with E-state index in [1.807, 2.05) is 26.0 Å². The summed E-state index contributed by atoms with van der Waals surface area (Å²) in [4.78, 5) is 0. The van der Waals surface area contributed by atoms with Crippen molar-refractivity contribution in [1.82, 2.24) is 5.43 Å². The Labute approximate surface area is 159 Å². The Morgan fingerprint density at radius 3 is 2.23 bits per heavy atom. The SMILES string of the molecule is COc1cc(OC)c(OC)cc1C=NNC(=S)Nc1ccc(C)cc1C. The molecule has 0 bridgehead atoms. The highest BCUT2D eigenvalue weighted by Gasteiger charge is 2.10. The van der Waals surface area contributed by atoms with Gasteiger partial charge in [-0.05, 0) is 43.8 Å². The molecule has 2 aromatic rings. The van der Waals surface area contributed by atoms with E-state index in [0.29, 0.717) is 22.4 Å². The van der Waals surface area contributed by atoms with Gasteiger partial charge in [-0.1, -0.05) is 17.7 Å². The molecule has 0 aliphatic rings. The second-order valence-corrected chi connectivity index (χ2v) is 6.00. The van der Waals surface area contributed by atoms with Crippen LogP contribution in [0.15, 0.2) is 35.4 Å². The molecule has 0 spiro atoms. The molecule has 7 heteroatoms. The maximum absolute atomic E-state index is 5.36. The van der Waals surface area contributed by atoms with E-state index in [1.165, 1.54) is 5.56 Å². The zero-order valence-electron chi connectivity index (χ0n) is 15.5. The van der Waals surface area contributed by atoms with Crippen LogP contribution in [0.5, 0.6) is 17.2 Å². The van der Waals surface area contributed by atoms with Crippen molar-refractivity contribution in [2.75, 3.05) is 26.6 Å². The van der Waals surface area contributed by atoms with E-state index in [1.54, 1.807) is 39.7 Å². The number of thiocarbonyl (C=S) groups is 1.